The molecule has 0 fully saturated rings. The minimum atomic E-state index is -0.695. The van der Waals surface area contributed by atoms with Crippen LogP contribution in [0.2, 0.25) is 0 Å². The fourth-order valence-corrected chi connectivity index (χ4v) is 3.30. The first-order valence-corrected chi connectivity index (χ1v) is 8.36. The van der Waals surface area contributed by atoms with Crippen molar-refractivity contribution in [2.75, 3.05) is 4.90 Å². The van der Waals surface area contributed by atoms with Crippen molar-refractivity contribution in [3.05, 3.63) is 83.1 Å². The molecule has 1 aliphatic heterocycles. The van der Waals surface area contributed by atoms with Gasteiger partial charge in [-0.1, -0.05) is 54.6 Å². The van der Waals surface area contributed by atoms with Gasteiger partial charge in [0.25, 0.3) is 5.91 Å². The molecule has 1 heterocycles. The van der Waals surface area contributed by atoms with Gasteiger partial charge in [-0.25, -0.2) is 4.90 Å². The van der Waals surface area contributed by atoms with E-state index in [-0.39, 0.29) is 5.57 Å². The first-order chi connectivity index (χ1) is 12.5. The van der Waals surface area contributed by atoms with Gasteiger partial charge in [-0.05, 0) is 42.0 Å². The number of carbonyl (C=O) groups is 2. The first kappa shape index (κ1) is 16.1. The van der Waals surface area contributed by atoms with Gasteiger partial charge in [0.05, 0.1) is 11.3 Å². The molecule has 0 saturated carbocycles. The topological polar surface area (TPSA) is 57.6 Å². The summed E-state index contributed by atoms with van der Waals surface area (Å²) in [5.74, 6) is -1.71. The van der Waals surface area contributed by atoms with E-state index in [1.54, 1.807) is 18.2 Å². The van der Waals surface area contributed by atoms with Crippen LogP contribution in [0.5, 0.6) is 0 Å². The zero-order valence-corrected chi connectivity index (χ0v) is 14.5. The lowest BCUT2D eigenvalue weighted by molar-refractivity contribution is -0.121. The van der Waals surface area contributed by atoms with Crippen LogP contribution in [-0.2, 0) is 9.59 Å². The van der Waals surface area contributed by atoms with Crippen molar-refractivity contribution in [1.82, 2.24) is 0 Å². The molecule has 128 valence electrons. The van der Waals surface area contributed by atoms with Crippen LogP contribution in [0.4, 0.5) is 5.69 Å². The van der Waals surface area contributed by atoms with Crippen LogP contribution in [0.3, 0.4) is 0 Å². The van der Waals surface area contributed by atoms with Crippen LogP contribution in [0.1, 0.15) is 16.7 Å². The molecule has 0 bridgehead atoms. The van der Waals surface area contributed by atoms with E-state index in [1.807, 2.05) is 56.3 Å². The minimum absolute atomic E-state index is 0.0473. The van der Waals surface area contributed by atoms with Crippen molar-refractivity contribution in [1.29, 1.82) is 0 Å². The Kier molecular flexibility index (Phi) is 3.62. The van der Waals surface area contributed by atoms with Gasteiger partial charge in [-0.3, -0.25) is 9.59 Å². The molecule has 2 amide bonds. The van der Waals surface area contributed by atoms with Gasteiger partial charge in [-0.2, -0.15) is 0 Å². The SMILES string of the molecule is Cc1ccc(C2=C(O)C(=O)N(c3cccc4ccccc34)C2=O)cc1C. The highest BCUT2D eigenvalue weighted by atomic mass is 16.3. The third-order valence-corrected chi connectivity index (χ3v) is 4.86. The number of fused-ring (bicyclic) bond motifs is 1. The summed E-state index contributed by atoms with van der Waals surface area (Å²) in [6.07, 6.45) is 0. The Morgan fingerprint density at radius 2 is 1.54 bits per heavy atom. The van der Waals surface area contributed by atoms with Crippen LogP contribution in [0.15, 0.2) is 66.4 Å². The predicted molar refractivity (Wildman–Crippen MR) is 102 cm³/mol. The molecule has 4 nitrogen and oxygen atoms in total. The lowest BCUT2D eigenvalue weighted by atomic mass is 10.00. The second-order valence-electron chi connectivity index (χ2n) is 6.47. The van der Waals surface area contributed by atoms with Gasteiger partial charge in [0, 0.05) is 5.39 Å². The number of aliphatic hydroxyl groups excluding tert-OH is 1. The number of rotatable bonds is 2. The number of imide groups is 1. The van der Waals surface area contributed by atoms with Crippen molar-refractivity contribution in [2.45, 2.75) is 13.8 Å². The number of benzene rings is 3. The summed E-state index contributed by atoms with van der Waals surface area (Å²) in [7, 11) is 0. The molecule has 4 rings (SSSR count). The monoisotopic (exact) mass is 343 g/mol. The number of carbonyl (C=O) groups excluding carboxylic acids is 2. The Labute approximate surface area is 151 Å². The molecule has 26 heavy (non-hydrogen) atoms. The van der Waals surface area contributed by atoms with Gasteiger partial charge in [0.1, 0.15) is 0 Å². The number of nitrogens with zero attached hydrogens (tertiary/aromatic N) is 1. The molecule has 4 heteroatoms. The Hall–Kier alpha value is -3.40. The highest BCUT2D eigenvalue weighted by Crippen LogP contribution is 2.35. The molecule has 0 radical (unpaired) electrons. The molecule has 1 aliphatic rings. The zero-order valence-electron chi connectivity index (χ0n) is 14.5. The molecule has 1 N–H and O–H groups in total. The van der Waals surface area contributed by atoms with E-state index in [9.17, 15) is 14.7 Å². The van der Waals surface area contributed by atoms with Gasteiger partial charge >= 0.3 is 5.91 Å². The number of aliphatic hydroxyl groups is 1. The molecule has 0 unspecified atom stereocenters. The maximum Gasteiger partial charge on any atom is 0.301 e. The van der Waals surface area contributed by atoms with Gasteiger partial charge < -0.3 is 5.11 Å². The second kappa shape index (κ2) is 5.85. The standard InChI is InChI=1S/C22H17NO3/c1-13-10-11-16(12-14(13)2)19-20(24)22(26)23(21(19)25)18-9-5-7-15-6-3-4-8-17(15)18/h3-12,24H,1-2H3. The van der Waals surface area contributed by atoms with Crippen LogP contribution in [0.25, 0.3) is 16.3 Å². The van der Waals surface area contributed by atoms with Crippen LogP contribution in [0, 0.1) is 13.8 Å². The lowest BCUT2D eigenvalue weighted by Gasteiger charge is -2.17. The molecule has 0 atom stereocenters. The first-order valence-electron chi connectivity index (χ1n) is 8.36. The van der Waals surface area contributed by atoms with Gasteiger partial charge in [0.15, 0.2) is 5.76 Å². The number of aryl methyl sites for hydroxylation is 2. The van der Waals surface area contributed by atoms with Crippen molar-refractivity contribution in [2.24, 2.45) is 0 Å². The number of hydrogen-bond donors (Lipinski definition) is 1. The molecular formula is C22H17NO3. The molecule has 0 saturated heterocycles. The Morgan fingerprint density at radius 3 is 2.31 bits per heavy atom. The average Bonchev–Trinajstić information content (AvgIpc) is 2.86. The van der Waals surface area contributed by atoms with Crippen molar-refractivity contribution in [3.8, 4) is 0 Å². The third-order valence-electron chi connectivity index (χ3n) is 4.86. The molecule has 0 aliphatic carbocycles. The van der Waals surface area contributed by atoms with Crippen LogP contribution < -0.4 is 4.90 Å². The second-order valence-corrected chi connectivity index (χ2v) is 6.47. The molecular weight excluding hydrogens is 326 g/mol. The summed E-state index contributed by atoms with van der Waals surface area (Å²) >= 11 is 0. The summed E-state index contributed by atoms with van der Waals surface area (Å²) < 4.78 is 0. The fraction of sp³-hybridized carbons (Fsp3) is 0.0909. The number of amides is 2. The molecule has 3 aromatic carbocycles. The van der Waals surface area contributed by atoms with Gasteiger partial charge in [-0.15, -0.1) is 0 Å². The zero-order chi connectivity index (χ0) is 18.4. The normalized spacial score (nSPS) is 14.6. The van der Waals surface area contributed by atoms with E-state index in [2.05, 4.69) is 0 Å². The predicted octanol–water partition coefficient (Wildman–Crippen LogP) is 4.30. The maximum absolute atomic E-state index is 13.1. The Bertz CT molecular complexity index is 1110. The van der Waals surface area contributed by atoms with E-state index in [1.165, 1.54) is 0 Å². The van der Waals surface area contributed by atoms with Crippen molar-refractivity contribution >= 4 is 33.8 Å². The highest BCUT2D eigenvalue weighted by Gasteiger charge is 2.40. The van der Waals surface area contributed by atoms with E-state index < -0.39 is 17.6 Å². The van der Waals surface area contributed by atoms with Crippen LogP contribution >= 0.6 is 0 Å². The summed E-state index contributed by atoms with van der Waals surface area (Å²) in [5, 5.41) is 12.1. The number of anilines is 1. The van der Waals surface area contributed by atoms with Gasteiger partial charge in [0.2, 0.25) is 0 Å². The van der Waals surface area contributed by atoms with E-state index in [0.29, 0.717) is 11.3 Å². The summed E-state index contributed by atoms with van der Waals surface area (Å²) in [6.45, 7) is 3.90. The van der Waals surface area contributed by atoms with Crippen LogP contribution in [-0.4, -0.2) is 16.9 Å². The molecule has 0 spiro atoms. The van der Waals surface area contributed by atoms with Crippen molar-refractivity contribution < 1.29 is 14.7 Å². The Morgan fingerprint density at radius 1 is 0.808 bits per heavy atom. The number of hydrogen-bond acceptors (Lipinski definition) is 3. The minimum Gasteiger partial charge on any atom is -0.502 e. The van der Waals surface area contributed by atoms with Crippen molar-refractivity contribution in [3.63, 3.8) is 0 Å². The largest absolute Gasteiger partial charge is 0.502 e. The van der Waals surface area contributed by atoms with E-state index in [0.717, 1.165) is 26.8 Å². The Balaban J connectivity index is 1.85. The van der Waals surface area contributed by atoms with E-state index >= 15 is 0 Å². The smallest absolute Gasteiger partial charge is 0.301 e. The molecule has 0 aromatic heterocycles. The summed E-state index contributed by atoms with van der Waals surface area (Å²) in [6, 6.07) is 18.4. The summed E-state index contributed by atoms with van der Waals surface area (Å²) in [5.41, 5.74) is 3.14. The lowest BCUT2D eigenvalue weighted by Crippen LogP contribution is -2.31. The fourth-order valence-electron chi connectivity index (χ4n) is 3.30. The third kappa shape index (κ3) is 2.30. The quantitative estimate of drug-likeness (QED) is 0.706. The maximum atomic E-state index is 13.1. The van der Waals surface area contributed by atoms with E-state index in [4.69, 9.17) is 0 Å². The summed E-state index contributed by atoms with van der Waals surface area (Å²) in [4.78, 5) is 26.8. The molecule has 3 aromatic rings. The average molecular weight is 343 g/mol. The highest BCUT2D eigenvalue weighted by molar-refractivity contribution is 6.45.